The number of pyridine rings is 1. The summed E-state index contributed by atoms with van der Waals surface area (Å²) >= 11 is 1.35. The second-order valence-corrected chi connectivity index (χ2v) is 9.00. The van der Waals surface area contributed by atoms with Gasteiger partial charge in [-0.05, 0) is 61.4 Å². The van der Waals surface area contributed by atoms with E-state index in [2.05, 4.69) is 37.6 Å². The molecule has 0 aliphatic carbocycles. The highest BCUT2D eigenvalue weighted by atomic mass is 32.2. The number of nitrogens with zero attached hydrogens (tertiary/aromatic N) is 4. The van der Waals surface area contributed by atoms with E-state index >= 15 is 0 Å². The Kier molecular flexibility index (Phi) is 7.28. The minimum absolute atomic E-state index is 0.0495. The number of H-pyrrole nitrogens is 1. The number of hydrogen-bond donors (Lipinski definition) is 2. The monoisotopic (exact) mass is 498 g/mol. The summed E-state index contributed by atoms with van der Waals surface area (Å²) in [6, 6.07) is 19.7. The van der Waals surface area contributed by atoms with Gasteiger partial charge in [-0.15, -0.1) is 10.2 Å². The molecule has 0 unspecified atom stereocenters. The maximum absolute atomic E-state index is 12.6. The molecule has 0 radical (unpaired) electrons. The summed E-state index contributed by atoms with van der Waals surface area (Å²) in [7, 11) is 0. The number of amides is 1. The van der Waals surface area contributed by atoms with Crippen LogP contribution in [0.15, 0.2) is 84.4 Å². The minimum Gasteiger partial charge on any atom is -0.494 e. The predicted octanol–water partition coefficient (Wildman–Crippen LogP) is 4.66. The van der Waals surface area contributed by atoms with Gasteiger partial charge in [0.25, 0.3) is 0 Å². The lowest BCUT2D eigenvalue weighted by Crippen LogP contribution is -2.27. The van der Waals surface area contributed by atoms with E-state index in [0.29, 0.717) is 24.1 Å². The topological polar surface area (TPSA) is 97.7 Å². The van der Waals surface area contributed by atoms with E-state index in [9.17, 15) is 4.79 Å². The number of carbonyl (C=O) groups excluding carboxylic acids is 1. The van der Waals surface area contributed by atoms with Crippen LogP contribution in [0.4, 0.5) is 0 Å². The van der Waals surface area contributed by atoms with Crippen LogP contribution in [0.5, 0.6) is 5.75 Å². The van der Waals surface area contributed by atoms with Crippen molar-refractivity contribution >= 4 is 28.6 Å². The third kappa shape index (κ3) is 5.26. The van der Waals surface area contributed by atoms with E-state index in [1.165, 1.54) is 22.7 Å². The van der Waals surface area contributed by atoms with Gasteiger partial charge in [0, 0.05) is 47.3 Å². The summed E-state index contributed by atoms with van der Waals surface area (Å²) in [6.07, 6.45) is 6.21. The van der Waals surface area contributed by atoms with Crippen LogP contribution >= 0.6 is 11.8 Å². The molecule has 0 spiro atoms. The van der Waals surface area contributed by atoms with Gasteiger partial charge in [-0.2, -0.15) is 0 Å². The number of hydrogen-bond acceptors (Lipinski definition) is 6. The van der Waals surface area contributed by atoms with Crippen LogP contribution in [0, 0.1) is 0 Å². The molecule has 9 heteroatoms. The van der Waals surface area contributed by atoms with Crippen LogP contribution in [0.3, 0.4) is 0 Å². The fourth-order valence-corrected chi connectivity index (χ4v) is 4.78. The normalized spacial score (nSPS) is 11.0. The van der Waals surface area contributed by atoms with Gasteiger partial charge in [0.2, 0.25) is 5.91 Å². The first-order valence-electron chi connectivity index (χ1n) is 11.8. The maximum Gasteiger partial charge on any atom is 0.230 e. The summed E-state index contributed by atoms with van der Waals surface area (Å²) < 4.78 is 7.53. The van der Waals surface area contributed by atoms with E-state index in [1.807, 2.05) is 66.2 Å². The summed E-state index contributed by atoms with van der Waals surface area (Å²) in [6.45, 7) is 3.12. The molecule has 1 amide bonds. The highest BCUT2D eigenvalue weighted by Crippen LogP contribution is 2.28. The van der Waals surface area contributed by atoms with Gasteiger partial charge in [-0.3, -0.25) is 14.3 Å². The molecule has 3 heterocycles. The molecule has 5 rings (SSSR count). The Hall–Kier alpha value is -4.11. The van der Waals surface area contributed by atoms with Crippen molar-refractivity contribution in [3.8, 4) is 22.8 Å². The molecule has 5 aromatic rings. The van der Waals surface area contributed by atoms with Crippen molar-refractivity contribution in [3.05, 3.63) is 84.8 Å². The predicted molar refractivity (Wildman–Crippen MR) is 141 cm³/mol. The van der Waals surface area contributed by atoms with Gasteiger partial charge < -0.3 is 15.0 Å². The summed E-state index contributed by atoms with van der Waals surface area (Å²) in [5.74, 6) is 1.67. The number of aromatic amines is 1. The number of benzene rings is 2. The average Bonchev–Trinajstić information content (AvgIpc) is 3.53. The molecular weight excluding hydrogens is 472 g/mol. The van der Waals surface area contributed by atoms with Gasteiger partial charge in [0.1, 0.15) is 5.75 Å². The molecular formula is C27H26N6O2S. The van der Waals surface area contributed by atoms with E-state index in [1.54, 1.807) is 12.4 Å². The number of ether oxygens (including phenoxy) is 1. The molecule has 0 fully saturated rings. The molecule has 8 nitrogen and oxygen atoms in total. The number of rotatable bonds is 10. The highest BCUT2D eigenvalue weighted by Gasteiger charge is 2.17. The fourth-order valence-electron chi connectivity index (χ4n) is 4.00. The van der Waals surface area contributed by atoms with Crippen LogP contribution in [0.2, 0.25) is 0 Å². The molecule has 36 heavy (non-hydrogen) atoms. The standard InChI is InChI=1S/C27H26N6O2S/c1-2-35-22-9-7-21(8-10-22)33-26(19-11-14-28-15-12-19)31-32-27(33)36-18-25(34)29-16-13-20-17-30-24-6-4-3-5-23(20)24/h3-12,14-15,17,30H,2,13,16,18H2,1H3,(H,29,34). The van der Waals surface area contributed by atoms with Gasteiger partial charge in [-0.1, -0.05) is 30.0 Å². The first kappa shape index (κ1) is 23.6. The van der Waals surface area contributed by atoms with Crippen LogP contribution in [0.1, 0.15) is 12.5 Å². The quantitative estimate of drug-likeness (QED) is 0.272. The number of para-hydroxylation sites is 1. The van der Waals surface area contributed by atoms with Crippen LogP contribution in [-0.2, 0) is 11.2 Å². The second kappa shape index (κ2) is 11.1. The molecule has 0 saturated heterocycles. The lowest BCUT2D eigenvalue weighted by Gasteiger charge is -2.11. The molecule has 2 N–H and O–H groups in total. The Balaban J connectivity index is 1.27. The van der Waals surface area contributed by atoms with Gasteiger partial charge in [0.15, 0.2) is 11.0 Å². The summed E-state index contributed by atoms with van der Waals surface area (Å²) in [5.41, 5.74) is 4.07. The Morgan fingerprint density at radius 2 is 1.86 bits per heavy atom. The van der Waals surface area contributed by atoms with Gasteiger partial charge >= 0.3 is 0 Å². The number of carbonyl (C=O) groups is 1. The smallest absolute Gasteiger partial charge is 0.230 e. The van der Waals surface area contributed by atoms with Gasteiger partial charge in [-0.25, -0.2) is 0 Å². The van der Waals surface area contributed by atoms with Crippen molar-refractivity contribution in [2.75, 3.05) is 18.9 Å². The van der Waals surface area contributed by atoms with Crippen molar-refractivity contribution in [3.63, 3.8) is 0 Å². The SMILES string of the molecule is CCOc1ccc(-n2c(SCC(=O)NCCc3c[nH]c4ccccc34)nnc2-c2ccncc2)cc1. The number of aromatic nitrogens is 5. The first-order chi connectivity index (χ1) is 17.7. The molecule has 0 aliphatic heterocycles. The van der Waals surface area contributed by atoms with Crippen LogP contribution < -0.4 is 10.1 Å². The Bertz CT molecular complexity index is 1450. The maximum atomic E-state index is 12.6. The Morgan fingerprint density at radius 3 is 2.67 bits per heavy atom. The Morgan fingerprint density at radius 1 is 1.06 bits per heavy atom. The molecule has 3 aromatic heterocycles. The van der Waals surface area contributed by atoms with Crippen LogP contribution in [0.25, 0.3) is 28.0 Å². The minimum atomic E-state index is -0.0495. The fraction of sp³-hybridized carbons (Fsp3) is 0.185. The van der Waals surface area contributed by atoms with E-state index in [-0.39, 0.29) is 11.7 Å². The molecule has 0 aliphatic rings. The zero-order valence-electron chi connectivity index (χ0n) is 19.8. The number of thioether (sulfide) groups is 1. The zero-order chi connectivity index (χ0) is 24.7. The second-order valence-electron chi connectivity index (χ2n) is 8.05. The number of nitrogens with one attached hydrogen (secondary N) is 2. The van der Waals surface area contributed by atoms with Crippen molar-refractivity contribution in [1.82, 2.24) is 30.0 Å². The third-order valence-electron chi connectivity index (χ3n) is 5.70. The molecule has 182 valence electrons. The van der Waals surface area contributed by atoms with Gasteiger partial charge in [0.05, 0.1) is 12.4 Å². The lowest BCUT2D eigenvalue weighted by molar-refractivity contribution is -0.118. The average molecular weight is 499 g/mol. The molecule has 0 saturated carbocycles. The van der Waals surface area contributed by atoms with Crippen molar-refractivity contribution in [2.45, 2.75) is 18.5 Å². The molecule has 0 bridgehead atoms. The van der Waals surface area contributed by atoms with Crippen molar-refractivity contribution in [1.29, 1.82) is 0 Å². The lowest BCUT2D eigenvalue weighted by atomic mass is 10.1. The van der Waals surface area contributed by atoms with E-state index in [0.717, 1.165) is 28.9 Å². The third-order valence-corrected chi connectivity index (χ3v) is 6.63. The van der Waals surface area contributed by atoms with E-state index < -0.39 is 0 Å². The zero-order valence-corrected chi connectivity index (χ0v) is 20.7. The van der Waals surface area contributed by atoms with Crippen molar-refractivity contribution in [2.24, 2.45) is 0 Å². The largest absolute Gasteiger partial charge is 0.494 e. The first-order valence-corrected chi connectivity index (χ1v) is 12.7. The Labute approximate surface area is 213 Å². The summed E-state index contributed by atoms with van der Waals surface area (Å²) in [5, 5.41) is 13.7. The van der Waals surface area contributed by atoms with E-state index in [4.69, 9.17) is 4.74 Å². The van der Waals surface area contributed by atoms with Crippen molar-refractivity contribution < 1.29 is 9.53 Å². The molecule has 0 atom stereocenters. The number of fused-ring (bicyclic) bond motifs is 1. The highest BCUT2D eigenvalue weighted by molar-refractivity contribution is 7.99. The summed E-state index contributed by atoms with van der Waals surface area (Å²) in [4.78, 5) is 20.0. The molecule has 2 aromatic carbocycles. The van der Waals surface area contributed by atoms with Crippen LogP contribution in [-0.4, -0.2) is 49.5 Å².